The Hall–Kier alpha value is -11.1. The SMILES string of the molecule is CC(=N)c1ccc(C(=O)Cc2ccc(N3CCOCC3)cc2C(=O)Nc2ccc(Cl)cn2)cc1.CN1CCN=C1c1ccc(C(=O)Cc2ccc(N3CCOCC3)cc2C(=O)Nc2ccc(Cl)cn2)cc1.N=C(c1ccc(C(=O)Cc2ccc(N3CCOCC3)cc2C(=O)Nc2ccc(Cl)cn2)cc1)N1CCCC1. The second-order valence-electron chi connectivity index (χ2n) is 26.6. The van der Waals surface area contributed by atoms with Crippen LogP contribution in [-0.4, -0.2) is 189 Å². The molecule has 5 N–H and O–H groups in total. The molecule has 23 nitrogen and oxygen atoms in total. The third-order valence-electron chi connectivity index (χ3n) is 19.2. The molecule has 0 unspecified atom stereocenters. The van der Waals surface area contributed by atoms with Crippen LogP contribution in [0.4, 0.5) is 34.5 Å². The second-order valence-corrected chi connectivity index (χ2v) is 27.9. The van der Waals surface area contributed by atoms with Gasteiger partial charge in [-0.25, -0.2) is 15.0 Å². The summed E-state index contributed by atoms with van der Waals surface area (Å²) >= 11 is 17.8. The number of likely N-dealkylation sites (tertiary alicyclic amines) is 1. The van der Waals surface area contributed by atoms with E-state index in [0.29, 0.717) is 134 Å². The maximum absolute atomic E-state index is 13.4. The number of anilines is 6. The number of amidine groups is 2. The van der Waals surface area contributed by atoms with Crippen LogP contribution in [0.1, 0.15) is 115 Å². The van der Waals surface area contributed by atoms with Crippen molar-refractivity contribution in [2.75, 3.05) is 143 Å². The van der Waals surface area contributed by atoms with Crippen LogP contribution >= 0.6 is 34.8 Å². The second kappa shape index (κ2) is 37.2. The van der Waals surface area contributed by atoms with Gasteiger partial charge in [0.05, 0.1) is 61.3 Å². The smallest absolute Gasteiger partial charge is 0.257 e. The van der Waals surface area contributed by atoms with Crippen molar-refractivity contribution in [3.05, 3.63) is 264 Å². The minimum absolute atomic E-state index is 0.0638. The van der Waals surface area contributed by atoms with Crippen LogP contribution in [0.5, 0.6) is 0 Å². The fourth-order valence-corrected chi connectivity index (χ4v) is 13.4. The molecule has 0 radical (unpaired) electrons. The van der Waals surface area contributed by atoms with Crippen LogP contribution in [-0.2, 0) is 33.5 Å². The van der Waals surface area contributed by atoms with Crippen molar-refractivity contribution in [2.45, 2.75) is 39.0 Å². The number of pyridine rings is 3. The number of aliphatic imine (C=N–C) groups is 1. The summed E-state index contributed by atoms with van der Waals surface area (Å²) in [5.74, 6) is 1.30. The molecule has 3 amide bonds. The first-order chi connectivity index (χ1) is 52.9. The molecular formula is C83H83Cl3N14O9. The highest BCUT2D eigenvalue weighted by molar-refractivity contribution is 6.31. The highest BCUT2D eigenvalue weighted by Crippen LogP contribution is 2.29. The fourth-order valence-electron chi connectivity index (χ4n) is 13.1. The van der Waals surface area contributed by atoms with E-state index in [0.717, 1.165) is 118 Å². The molecule has 14 rings (SSSR count). The Balaban J connectivity index is 0.000000153. The lowest BCUT2D eigenvalue weighted by molar-refractivity contribution is 0.0980. The summed E-state index contributed by atoms with van der Waals surface area (Å²) in [4.78, 5) is 107. The number of nitrogens with zero attached hydrogens (tertiary/aromatic N) is 9. The molecule has 4 saturated heterocycles. The van der Waals surface area contributed by atoms with Crippen molar-refractivity contribution in [1.29, 1.82) is 10.8 Å². The van der Waals surface area contributed by atoms with Gasteiger partial charge in [0.25, 0.3) is 17.7 Å². The minimum Gasteiger partial charge on any atom is -0.378 e. The van der Waals surface area contributed by atoms with Crippen molar-refractivity contribution in [3.8, 4) is 0 Å². The van der Waals surface area contributed by atoms with E-state index in [4.69, 9.17) is 59.8 Å². The molecule has 26 heteroatoms. The Morgan fingerprint density at radius 2 is 0.743 bits per heavy atom. The minimum atomic E-state index is -0.345. The number of carbonyl (C=O) groups excluding carboxylic acids is 6. The molecule has 109 heavy (non-hydrogen) atoms. The highest BCUT2D eigenvalue weighted by Gasteiger charge is 2.26. The van der Waals surface area contributed by atoms with E-state index in [-0.39, 0.29) is 54.3 Å². The Labute approximate surface area is 647 Å². The third-order valence-corrected chi connectivity index (χ3v) is 19.8. The molecule has 9 aromatic rings. The lowest BCUT2D eigenvalue weighted by atomic mass is 9.96. The zero-order valence-electron chi connectivity index (χ0n) is 60.5. The number of hydrogen-bond donors (Lipinski definition) is 5. The van der Waals surface area contributed by atoms with E-state index in [1.165, 1.54) is 18.6 Å². The molecule has 0 saturated carbocycles. The summed E-state index contributed by atoms with van der Waals surface area (Å²) in [6.07, 6.45) is 6.86. The average Bonchev–Trinajstić information content (AvgIpc) is 1.27. The molecule has 5 aliphatic heterocycles. The lowest BCUT2D eigenvalue weighted by Crippen LogP contribution is -2.36. The molecule has 0 aliphatic carbocycles. The summed E-state index contributed by atoms with van der Waals surface area (Å²) in [6, 6.07) is 48.4. The predicted octanol–water partition coefficient (Wildman–Crippen LogP) is 13.2. The number of aromatic nitrogens is 3. The summed E-state index contributed by atoms with van der Waals surface area (Å²) in [6.45, 7) is 13.4. The zero-order valence-corrected chi connectivity index (χ0v) is 62.8. The molecule has 3 aromatic heterocycles. The number of rotatable bonds is 21. The van der Waals surface area contributed by atoms with Crippen LogP contribution in [0.15, 0.2) is 187 Å². The van der Waals surface area contributed by atoms with E-state index >= 15 is 0 Å². The number of halogens is 3. The first kappa shape index (κ1) is 77.6. The van der Waals surface area contributed by atoms with Gasteiger partial charge in [-0.3, -0.25) is 39.2 Å². The Bertz CT molecular complexity index is 4800. The maximum atomic E-state index is 13.4. The first-order valence-electron chi connectivity index (χ1n) is 36.1. The Morgan fingerprint density at radius 3 is 1.06 bits per heavy atom. The van der Waals surface area contributed by atoms with Gasteiger partial charge in [-0.15, -0.1) is 0 Å². The largest absolute Gasteiger partial charge is 0.378 e. The average molecular weight is 1530 g/mol. The zero-order chi connectivity index (χ0) is 76.3. The molecule has 6 aromatic carbocycles. The fraction of sp³-hybridized carbons (Fsp3) is 0.277. The van der Waals surface area contributed by atoms with Crippen molar-refractivity contribution < 1.29 is 43.0 Å². The number of morpholine rings is 3. The maximum Gasteiger partial charge on any atom is 0.257 e. The molecule has 0 bridgehead atoms. The number of likely N-dealkylation sites (N-methyl/N-ethyl adjacent to an activating group) is 1. The van der Waals surface area contributed by atoms with Crippen LogP contribution < -0.4 is 30.7 Å². The monoisotopic (exact) mass is 1520 g/mol. The number of nitrogens with one attached hydrogen (secondary N) is 5. The molecule has 0 atom stereocenters. The standard InChI is InChI=1S/C29H30ClN5O3.C28H28ClN5O3.C26H25ClN4O3/c30-23-8-10-27(32-19-23)33-29(37)25-18-24(34-13-15-38-16-14-34)9-7-22(25)17-26(36)20-3-5-21(6-4-20)28(31)35-11-1-2-12-35;1-33-11-10-30-27(33)20-4-2-19(3-5-20)25(35)16-21-6-8-23(34-12-14-37-15-13-34)17-24(21)28(36)32-26-9-7-22(29)18-31-26;1-17(28)18-2-4-19(5-3-18)24(32)14-20-6-8-22(31-10-12-34-13-11-31)15-23(20)26(33)30-25-9-7-21(27)16-29-25/h3-10,18-19,31H,1-2,11-17H2,(H,32,33,37);2-9,17-18H,10-16H2,1H3,(H,31,32,36);2-9,15-16,28H,10-14H2,1H3,(H,29,30,33). The molecule has 4 fully saturated rings. The van der Waals surface area contributed by atoms with Crippen molar-refractivity contribution in [1.82, 2.24) is 24.8 Å². The van der Waals surface area contributed by atoms with Gasteiger partial charge >= 0.3 is 0 Å². The van der Waals surface area contributed by atoms with Gasteiger partial charge in [-0.2, -0.15) is 0 Å². The van der Waals surface area contributed by atoms with Gasteiger partial charge < -0.3 is 60.1 Å². The first-order valence-corrected chi connectivity index (χ1v) is 37.2. The third kappa shape index (κ3) is 20.8. The van der Waals surface area contributed by atoms with Crippen LogP contribution in [0.3, 0.4) is 0 Å². The van der Waals surface area contributed by atoms with Crippen LogP contribution in [0.25, 0.3) is 0 Å². The number of Topliss-reactive ketones (excluding diaryl/α,β-unsaturated/α-hetero) is 3. The molecule has 560 valence electrons. The Morgan fingerprint density at radius 1 is 0.413 bits per heavy atom. The van der Waals surface area contributed by atoms with E-state index in [1.54, 1.807) is 79.7 Å². The summed E-state index contributed by atoms with van der Waals surface area (Å²) in [5.41, 5.74) is 10.6. The summed E-state index contributed by atoms with van der Waals surface area (Å²) < 4.78 is 16.4. The van der Waals surface area contributed by atoms with E-state index in [1.807, 2.05) is 98.0 Å². The van der Waals surface area contributed by atoms with Gasteiger partial charge in [-0.05, 0) is 115 Å². The number of ether oxygens (including phenoxy) is 3. The van der Waals surface area contributed by atoms with Gasteiger partial charge in [-0.1, -0.05) is 126 Å². The quantitative estimate of drug-likeness (QED) is 0.0254. The number of ketones is 3. The van der Waals surface area contributed by atoms with Crippen molar-refractivity contribution in [3.63, 3.8) is 0 Å². The van der Waals surface area contributed by atoms with Crippen molar-refractivity contribution >= 4 is 122 Å². The lowest BCUT2D eigenvalue weighted by Gasteiger charge is -2.29. The topological polar surface area (TPSA) is 281 Å². The van der Waals surface area contributed by atoms with Crippen LogP contribution in [0.2, 0.25) is 15.1 Å². The number of amides is 3. The van der Waals surface area contributed by atoms with Gasteiger partial charge in [0.2, 0.25) is 0 Å². The molecule has 8 heterocycles. The predicted molar refractivity (Wildman–Crippen MR) is 428 cm³/mol. The number of hydrogen-bond acceptors (Lipinski definition) is 19. The van der Waals surface area contributed by atoms with Gasteiger partial charge in [0.1, 0.15) is 29.1 Å². The highest BCUT2D eigenvalue weighted by atomic mass is 35.5. The normalized spacial score (nSPS) is 14.8. The van der Waals surface area contributed by atoms with Gasteiger partial charge in [0.15, 0.2) is 17.3 Å². The van der Waals surface area contributed by atoms with Crippen LogP contribution in [0, 0.1) is 10.8 Å². The summed E-state index contributed by atoms with van der Waals surface area (Å²) in [5, 5.41) is 26.1. The number of benzene rings is 6. The van der Waals surface area contributed by atoms with E-state index in [2.05, 4.69) is 60.4 Å². The number of carbonyl (C=O) groups is 6. The van der Waals surface area contributed by atoms with Crippen molar-refractivity contribution in [2.24, 2.45) is 4.99 Å². The summed E-state index contributed by atoms with van der Waals surface area (Å²) in [7, 11) is 2.01. The van der Waals surface area contributed by atoms with E-state index in [9.17, 15) is 28.8 Å². The van der Waals surface area contributed by atoms with E-state index < -0.39 is 0 Å². The molecule has 5 aliphatic rings. The molecule has 0 spiro atoms. The molecular weight excluding hydrogens is 1440 g/mol. The Kier molecular flexibility index (Phi) is 26.5. The van der Waals surface area contributed by atoms with Gasteiger partial charge in [0, 0.05) is 171 Å².